The van der Waals surface area contributed by atoms with Crippen LogP contribution in [0.25, 0.3) is 0 Å². The Morgan fingerprint density at radius 2 is 2.08 bits per heavy atom. The third kappa shape index (κ3) is 4.53. The molecular formula is C19H25N5O. The van der Waals surface area contributed by atoms with Gasteiger partial charge in [-0.3, -0.25) is 9.78 Å². The van der Waals surface area contributed by atoms with E-state index in [4.69, 9.17) is 0 Å². The smallest absolute Gasteiger partial charge is 0.222 e. The fourth-order valence-corrected chi connectivity index (χ4v) is 3.21. The maximum Gasteiger partial charge on any atom is 0.222 e. The number of rotatable bonds is 5. The Bertz CT molecular complexity index is 704. The third-order valence-electron chi connectivity index (χ3n) is 4.38. The van der Waals surface area contributed by atoms with Crippen LogP contribution in [0.15, 0.2) is 36.8 Å². The molecule has 2 aromatic rings. The average molecular weight is 339 g/mol. The van der Waals surface area contributed by atoms with Crippen LogP contribution in [-0.4, -0.2) is 38.8 Å². The number of carbonyl (C=O) groups excluding carboxylic acids is 1. The summed E-state index contributed by atoms with van der Waals surface area (Å²) in [6, 6.07) is 5.71. The van der Waals surface area contributed by atoms with Gasteiger partial charge >= 0.3 is 0 Å². The number of likely N-dealkylation sites (tertiary alicyclic amines) is 1. The fraction of sp³-hybridized carbons (Fsp3) is 0.474. The number of anilines is 2. The lowest BCUT2D eigenvalue weighted by molar-refractivity contribution is -0.133. The summed E-state index contributed by atoms with van der Waals surface area (Å²) in [6.45, 7) is 5.71. The Kier molecular flexibility index (Phi) is 5.58. The maximum atomic E-state index is 12.4. The lowest BCUT2D eigenvalue weighted by Gasteiger charge is -2.33. The maximum absolute atomic E-state index is 12.4. The molecule has 0 aliphatic carbocycles. The van der Waals surface area contributed by atoms with E-state index in [1.807, 2.05) is 23.1 Å². The largest absolute Gasteiger partial charge is 0.342 e. The van der Waals surface area contributed by atoms with Gasteiger partial charge in [0.15, 0.2) is 5.82 Å². The standard InChI is InChI=1S/C19H25N5O/c1-14(2)12-17(25)24-11-5-6-15(13-24)18-19(22-10-9-21-18)23-16-7-3-4-8-20-16/h3-4,7-10,14-15H,5-6,11-13H2,1-2H3,(H,20,22,23)/t15-/m1/s1. The van der Waals surface area contributed by atoms with Crippen molar-refractivity contribution in [3.8, 4) is 0 Å². The van der Waals surface area contributed by atoms with Crippen LogP contribution in [0.4, 0.5) is 11.6 Å². The Morgan fingerprint density at radius 1 is 1.24 bits per heavy atom. The normalized spacial score (nSPS) is 17.6. The quantitative estimate of drug-likeness (QED) is 0.904. The van der Waals surface area contributed by atoms with Crippen LogP contribution in [0.5, 0.6) is 0 Å². The van der Waals surface area contributed by atoms with Crippen molar-refractivity contribution >= 4 is 17.5 Å². The predicted molar refractivity (Wildman–Crippen MR) is 97.6 cm³/mol. The molecule has 0 unspecified atom stereocenters. The number of nitrogens with zero attached hydrogens (tertiary/aromatic N) is 4. The second-order valence-electron chi connectivity index (χ2n) is 6.91. The first-order valence-electron chi connectivity index (χ1n) is 8.90. The van der Waals surface area contributed by atoms with Gasteiger partial charge < -0.3 is 10.2 Å². The summed E-state index contributed by atoms with van der Waals surface area (Å²) >= 11 is 0. The van der Waals surface area contributed by atoms with E-state index < -0.39 is 0 Å². The zero-order chi connectivity index (χ0) is 17.6. The van der Waals surface area contributed by atoms with Crippen molar-refractivity contribution in [2.75, 3.05) is 18.4 Å². The van der Waals surface area contributed by atoms with Gasteiger partial charge in [-0.05, 0) is 30.9 Å². The lowest BCUT2D eigenvalue weighted by Crippen LogP contribution is -2.39. The summed E-state index contributed by atoms with van der Waals surface area (Å²) in [4.78, 5) is 27.7. The van der Waals surface area contributed by atoms with E-state index >= 15 is 0 Å². The van der Waals surface area contributed by atoms with Crippen molar-refractivity contribution in [2.45, 2.75) is 39.0 Å². The topological polar surface area (TPSA) is 71.0 Å². The molecule has 1 aliphatic rings. The molecule has 6 nitrogen and oxygen atoms in total. The van der Waals surface area contributed by atoms with Crippen molar-refractivity contribution in [2.24, 2.45) is 5.92 Å². The SMILES string of the molecule is CC(C)CC(=O)N1CCC[C@@H](c2nccnc2Nc2ccccn2)C1. The van der Waals surface area contributed by atoms with Crippen LogP contribution in [0.1, 0.15) is 44.7 Å². The van der Waals surface area contributed by atoms with Gasteiger partial charge in [0.05, 0.1) is 5.69 Å². The van der Waals surface area contributed by atoms with Crippen molar-refractivity contribution in [3.63, 3.8) is 0 Å². The molecule has 0 bridgehead atoms. The van der Waals surface area contributed by atoms with Crippen LogP contribution in [-0.2, 0) is 4.79 Å². The molecule has 1 N–H and O–H groups in total. The number of aromatic nitrogens is 3. The summed E-state index contributed by atoms with van der Waals surface area (Å²) in [5, 5.41) is 3.26. The molecule has 1 amide bonds. The zero-order valence-corrected chi connectivity index (χ0v) is 14.9. The molecule has 1 saturated heterocycles. The van der Waals surface area contributed by atoms with Crippen LogP contribution in [0.2, 0.25) is 0 Å². The second-order valence-corrected chi connectivity index (χ2v) is 6.91. The van der Waals surface area contributed by atoms with E-state index in [1.165, 1.54) is 0 Å². The van der Waals surface area contributed by atoms with Gasteiger partial charge in [0.25, 0.3) is 0 Å². The van der Waals surface area contributed by atoms with Crippen LogP contribution < -0.4 is 5.32 Å². The van der Waals surface area contributed by atoms with E-state index in [9.17, 15) is 4.79 Å². The Hall–Kier alpha value is -2.50. The second kappa shape index (κ2) is 8.05. The van der Waals surface area contributed by atoms with Gasteiger partial charge in [-0.25, -0.2) is 9.97 Å². The number of amides is 1. The van der Waals surface area contributed by atoms with Gasteiger partial charge in [0.2, 0.25) is 5.91 Å². The van der Waals surface area contributed by atoms with E-state index in [0.29, 0.717) is 18.9 Å². The van der Waals surface area contributed by atoms with E-state index in [1.54, 1.807) is 18.6 Å². The van der Waals surface area contributed by atoms with Crippen LogP contribution in [0, 0.1) is 5.92 Å². The Morgan fingerprint density at radius 3 is 2.84 bits per heavy atom. The minimum atomic E-state index is 0.199. The highest BCUT2D eigenvalue weighted by atomic mass is 16.2. The first-order valence-corrected chi connectivity index (χ1v) is 8.90. The van der Waals surface area contributed by atoms with E-state index in [0.717, 1.165) is 36.7 Å². The average Bonchev–Trinajstić information content (AvgIpc) is 2.63. The Balaban J connectivity index is 1.76. The van der Waals surface area contributed by atoms with Gasteiger partial charge in [-0.1, -0.05) is 19.9 Å². The molecular weight excluding hydrogens is 314 g/mol. The predicted octanol–water partition coefficient (Wildman–Crippen LogP) is 3.37. The number of piperidine rings is 1. The molecule has 25 heavy (non-hydrogen) atoms. The van der Waals surface area contributed by atoms with Gasteiger partial charge in [-0.15, -0.1) is 0 Å². The summed E-state index contributed by atoms with van der Waals surface area (Å²) in [7, 11) is 0. The van der Waals surface area contributed by atoms with Crippen LogP contribution in [0.3, 0.4) is 0 Å². The molecule has 1 aliphatic heterocycles. The molecule has 1 fully saturated rings. The highest BCUT2D eigenvalue weighted by Crippen LogP contribution is 2.30. The van der Waals surface area contributed by atoms with Gasteiger partial charge in [-0.2, -0.15) is 0 Å². The number of pyridine rings is 1. The minimum Gasteiger partial charge on any atom is -0.342 e. The minimum absolute atomic E-state index is 0.199. The molecule has 0 aromatic carbocycles. The van der Waals surface area contributed by atoms with Crippen LogP contribution >= 0.6 is 0 Å². The Labute approximate surface area is 148 Å². The number of nitrogens with one attached hydrogen (secondary N) is 1. The summed E-state index contributed by atoms with van der Waals surface area (Å²) < 4.78 is 0. The molecule has 0 radical (unpaired) electrons. The molecule has 3 rings (SSSR count). The molecule has 2 aromatic heterocycles. The number of hydrogen-bond donors (Lipinski definition) is 1. The number of carbonyl (C=O) groups is 1. The molecule has 3 heterocycles. The third-order valence-corrected chi connectivity index (χ3v) is 4.38. The number of hydrogen-bond acceptors (Lipinski definition) is 5. The molecule has 1 atom stereocenters. The molecule has 132 valence electrons. The summed E-state index contributed by atoms with van der Waals surface area (Å²) in [5.41, 5.74) is 0.912. The van der Waals surface area contributed by atoms with Crippen molar-refractivity contribution in [3.05, 3.63) is 42.5 Å². The lowest BCUT2D eigenvalue weighted by atomic mass is 9.93. The highest BCUT2D eigenvalue weighted by Gasteiger charge is 2.27. The first-order chi connectivity index (χ1) is 12.1. The molecule has 6 heteroatoms. The molecule has 0 spiro atoms. The molecule has 0 saturated carbocycles. The van der Waals surface area contributed by atoms with Gasteiger partial charge in [0.1, 0.15) is 5.82 Å². The van der Waals surface area contributed by atoms with E-state index in [2.05, 4.69) is 34.1 Å². The first kappa shape index (κ1) is 17.3. The zero-order valence-electron chi connectivity index (χ0n) is 14.9. The highest BCUT2D eigenvalue weighted by molar-refractivity contribution is 5.76. The van der Waals surface area contributed by atoms with Crippen molar-refractivity contribution in [1.29, 1.82) is 0 Å². The monoisotopic (exact) mass is 339 g/mol. The van der Waals surface area contributed by atoms with Crippen molar-refractivity contribution < 1.29 is 4.79 Å². The summed E-state index contributed by atoms with van der Waals surface area (Å²) in [5.74, 6) is 2.29. The fourth-order valence-electron chi connectivity index (χ4n) is 3.21. The summed E-state index contributed by atoms with van der Waals surface area (Å²) in [6.07, 6.45) is 7.75. The van der Waals surface area contributed by atoms with E-state index in [-0.39, 0.29) is 11.8 Å². The van der Waals surface area contributed by atoms with Gasteiger partial charge in [0, 0.05) is 44.0 Å². The van der Waals surface area contributed by atoms with Crippen molar-refractivity contribution in [1.82, 2.24) is 19.9 Å².